The maximum Gasteiger partial charge on any atom is 0.152 e. The summed E-state index contributed by atoms with van der Waals surface area (Å²) in [4.78, 5) is 3.87. The van der Waals surface area contributed by atoms with Gasteiger partial charge in [0.2, 0.25) is 0 Å². The highest BCUT2D eigenvalue weighted by atomic mass is 16.5. The second kappa shape index (κ2) is 3.97. The SMILES string of the molecule is Cn1ccc(Nc2ccncc2NO)n1. The lowest BCUT2D eigenvalue weighted by Crippen LogP contribution is -1.99. The van der Waals surface area contributed by atoms with E-state index in [0.717, 1.165) is 0 Å². The van der Waals surface area contributed by atoms with Gasteiger partial charge in [-0.15, -0.1) is 0 Å². The largest absolute Gasteiger partial charge is 0.337 e. The van der Waals surface area contributed by atoms with Gasteiger partial charge in [-0.25, -0.2) is 0 Å². The van der Waals surface area contributed by atoms with Gasteiger partial charge in [0, 0.05) is 25.5 Å². The first-order valence-electron chi connectivity index (χ1n) is 4.40. The zero-order valence-corrected chi connectivity index (χ0v) is 8.18. The number of nitrogens with zero attached hydrogens (tertiary/aromatic N) is 3. The number of rotatable bonds is 3. The molecule has 2 aromatic rings. The number of pyridine rings is 1. The van der Waals surface area contributed by atoms with E-state index in [9.17, 15) is 0 Å². The standard InChI is InChI=1S/C9H11N5O/c1-14-5-3-9(12-14)11-7-2-4-10-6-8(7)13-15/h2-6,13,15H,1H3,(H,10,11,12). The second-order valence-electron chi connectivity index (χ2n) is 3.03. The average molecular weight is 205 g/mol. The molecule has 3 N–H and O–H groups in total. The maximum atomic E-state index is 8.85. The summed E-state index contributed by atoms with van der Waals surface area (Å²) in [5.41, 5.74) is 3.28. The molecular formula is C9H11N5O. The lowest BCUT2D eigenvalue weighted by atomic mass is 10.3. The van der Waals surface area contributed by atoms with Crippen molar-refractivity contribution in [2.75, 3.05) is 10.8 Å². The number of nitrogens with one attached hydrogen (secondary N) is 2. The quantitative estimate of drug-likeness (QED) is 0.660. The molecule has 0 saturated carbocycles. The van der Waals surface area contributed by atoms with Gasteiger partial charge in [0.1, 0.15) is 5.69 Å². The zero-order chi connectivity index (χ0) is 10.7. The van der Waals surface area contributed by atoms with Crippen molar-refractivity contribution in [2.45, 2.75) is 0 Å². The van der Waals surface area contributed by atoms with E-state index in [1.165, 1.54) is 6.20 Å². The second-order valence-corrected chi connectivity index (χ2v) is 3.03. The van der Waals surface area contributed by atoms with Crippen LogP contribution in [0.1, 0.15) is 0 Å². The van der Waals surface area contributed by atoms with Gasteiger partial charge in [-0.3, -0.25) is 20.4 Å². The van der Waals surface area contributed by atoms with Gasteiger partial charge in [0.25, 0.3) is 0 Å². The van der Waals surface area contributed by atoms with Crippen molar-refractivity contribution >= 4 is 17.2 Å². The van der Waals surface area contributed by atoms with Gasteiger partial charge in [0.05, 0.1) is 11.9 Å². The fraction of sp³-hybridized carbons (Fsp3) is 0.111. The van der Waals surface area contributed by atoms with Crippen LogP contribution in [0.3, 0.4) is 0 Å². The highest BCUT2D eigenvalue weighted by molar-refractivity contribution is 5.71. The smallest absolute Gasteiger partial charge is 0.152 e. The fourth-order valence-corrected chi connectivity index (χ4v) is 1.21. The van der Waals surface area contributed by atoms with E-state index in [1.807, 2.05) is 19.3 Å². The molecule has 0 fully saturated rings. The number of hydrogen-bond donors (Lipinski definition) is 3. The maximum absolute atomic E-state index is 8.85. The number of anilines is 3. The molecular weight excluding hydrogens is 194 g/mol. The molecule has 2 heterocycles. The average Bonchev–Trinajstić information content (AvgIpc) is 2.65. The minimum atomic E-state index is 0.503. The fourth-order valence-electron chi connectivity index (χ4n) is 1.21. The van der Waals surface area contributed by atoms with Gasteiger partial charge >= 0.3 is 0 Å². The monoisotopic (exact) mass is 205 g/mol. The summed E-state index contributed by atoms with van der Waals surface area (Å²) in [7, 11) is 1.84. The van der Waals surface area contributed by atoms with Crippen LogP contribution < -0.4 is 10.8 Å². The summed E-state index contributed by atoms with van der Waals surface area (Å²) in [6.45, 7) is 0. The molecule has 6 heteroatoms. The molecule has 2 rings (SSSR count). The van der Waals surface area contributed by atoms with E-state index in [0.29, 0.717) is 17.2 Å². The molecule has 0 aromatic carbocycles. The molecule has 0 unspecified atom stereocenters. The van der Waals surface area contributed by atoms with Crippen LogP contribution in [-0.4, -0.2) is 20.0 Å². The first kappa shape index (κ1) is 9.47. The summed E-state index contributed by atoms with van der Waals surface area (Å²) < 4.78 is 1.69. The van der Waals surface area contributed by atoms with E-state index >= 15 is 0 Å². The van der Waals surface area contributed by atoms with E-state index in [4.69, 9.17) is 5.21 Å². The van der Waals surface area contributed by atoms with Crippen LogP contribution >= 0.6 is 0 Å². The predicted molar refractivity (Wildman–Crippen MR) is 56.1 cm³/mol. The Morgan fingerprint density at radius 2 is 2.20 bits per heavy atom. The Labute approximate surface area is 86.5 Å². The van der Waals surface area contributed by atoms with Gasteiger partial charge in [-0.05, 0) is 6.07 Å². The topological polar surface area (TPSA) is 75.0 Å². The molecule has 0 bridgehead atoms. The first-order valence-corrected chi connectivity index (χ1v) is 4.40. The molecule has 0 aliphatic rings. The van der Waals surface area contributed by atoms with E-state index in [2.05, 4.69) is 20.9 Å². The van der Waals surface area contributed by atoms with Crippen molar-refractivity contribution in [3.8, 4) is 0 Å². The molecule has 2 aromatic heterocycles. The lowest BCUT2D eigenvalue weighted by Gasteiger charge is -2.07. The Kier molecular flexibility index (Phi) is 2.51. The molecule has 0 aliphatic heterocycles. The van der Waals surface area contributed by atoms with Crippen molar-refractivity contribution in [3.05, 3.63) is 30.7 Å². The van der Waals surface area contributed by atoms with Crippen LogP contribution in [0.4, 0.5) is 17.2 Å². The molecule has 0 amide bonds. The Bertz CT molecular complexity index is 453. The zero-order valence-electron chi connectivity index (χ0n) is 8.18. The van der Waals surface area contributed by atoms with E-state index in [-0.39, 0.29) is 0 Å². The summed E-state index contributed by atoms with van der Waals surface area (Å²) in [6.07, 6.45) is 4.98. The molecule has 78 valence electrons. The molecule has 0 saturated heterocycles. The summed E-state index contributed by atoms with van der Waals surface area (Å²) in [6, 6.07) is 3.58. The van der Waals surface area contributed by atoms with Crippen molar-refractivity contribution in [2.24, 2.45) is 7.05 Å². The van der Waals surface area contributed by atoms with Gasteiger partial charge in [-0.1, -0.05) is 0 Å². The Balaban J connectivity index is 2.23. The van der Waals surface area contributed by atoms with Crippen molar-refractivity contribution in [3.63, 3.8) is 0 Å². The highest BCUT2D eigenvalue weighted by Crippen LogP contribution is 2.22. The Morgan fingerprint density at radius 1 is 1.33 bits per heavy atom. The van der Waals surface area contributed by atoms with Crippen LogP contribution in [-0.2, 0) is 7.05 Å². The molecule has 0 atom stereocenters. The minimum absolute atomic E-state index is 0.503. The lowest BCUT2D eigenvalue weighted by molar-refractivity contribution is 0.389. The van der Waals surface area contributed by atoms with Gasteiger partial charge < -0.3 is 5.32 Å². The third kappa shape index (κ3) is 2.05. The van der Waals surface area contributed by atoms with Crippen LogP contribution in [0.25, 0.3) is 0 Å². The van der Waals surface area contributed by atoms with Gasteiger partial charge in [0.15, 0.2) is 5.82 Å². The van der Waals surface area contributed by atoms with Crippen LogP contribution in [0, 0.1) is 0 Å². The molecule has 0 spiro atoms. The Morgan fingerprint density at radius 3 is 2.87 bits per heavy atom. The van der Waals surface area contributed by atoms with Gasteiger partial charge in [-0.2, -0.15) is 5.10 Å². The highest BCUT2D eigenvalue weighted by Gasteiger charge is 2.02. The number of aryl methyl sites for hydroxylation is 1. The summed E-state index contributed by atoms with van der Waals surface area (Å²) in [5, 5.41) is 16.1. The van der Waals surface area contributed by atoms with Crippen LogP contribution in [0.15, 0.2) is 30.7 Å². The summed E-state index contributed by atoms with van der Waals surface area (Å²) >= 11 is 0. The number of aromatic nitrogens is 3. The minimum Gasteiger partial charge on any atom is -0.337 e. The third-order valence-corrected chi connectivity index (χ3v) is 1.92. The van der Waals surface area contributed by atoms with E-state index in [1.54, 1.807) is 16.9 Å². The summed E-state index contributed by atoms with van der Waals surface area (Å²) in [5.74, 6) is 0.709. The molecule has 6 nitrogen and oxygen atoms in total. The molecule has 0 aliphatic carbocycles. The van der Waals surface area contributed by atoms with Crippen LogP contribution in [0.5, 0.6) is 0 Å². The Hall–Kier alpha value is -2.08. The number of hydrogen-bond acceptors (Lipinski definition) is 5. The van der Waals surface area contributed by atoms with Crippen molar-refractivity contribution in [1.82, 2.24) is 14.8 Å². The molecule has 0 radical (unpaired) electrons. The molecule has 15 heavy (non-hydrogen) atoms. The predicted octanol–water partition coefficient (Wildman–Crippen LogP) is 1.36. The van der Waals surface area contributed by atoms with Crippen molar-refractivity contribution < 1.29 is 5.21 Å². The van der Waals surface area contributed by atoms with Crippen molar-refractivity contribution in [1.29, 1.82) is 0 Å². The normalized spacial score (nSPS) is 10.0. The van der Waals surface area contributed by atoms with Crippen LogP contribution in [0.2, 0.25) is 0 Å². The first-order chi connectivity index (χ1) is 7.29. The van der Waals surface area contributed by atoms with E-state index < -0.39 is 0 Å². The third-order valence-electron chi connectivity index (χ3n) is 1.92.